The number of nitrogens with one attached hydrogen (secondary N) is 1. The van der Waals surface area contributed by atoms with Crippen molar-refractivity contribution in [3.8, 4) is 0 Å². The van der Waals surface area contributed by atoms with Crippen LogP contribution in [0.5, 0.6) is 0 Å². The van der Waals surface area contributed by atoms with Gasteiger partial charge in [0, 0.05) is 19.3 Å². The Labute approximate surface area is 98.5 Å². The summed E-state index contributed by atoms with van der Waals surface area (Å²) < 4.78 is 1.85. The number of hydrogen-bond donors (Lipinski definition) is 1. The Bertz CT molecular complexity index is 317. The molecule has 1 rings (SSSR count). The monoisotopic (exact) mass is 221 g/mol. The zero-order chi connectivity index (χ0) is 12.0. The van der Waals surface area contributed by atoms with Gasteiger partial charge >= 0.3 is 0 Å². The van der Waals surface area contributed by atoms with Crippen LogP contribution in [-0.2, 0) is 13.5 Å². The molecule has 0 aliphatic heterocycles. The molecule has 3 nitrogen and oxygen atoms in total. The fraction of sp³-hybridized carbons (Fsp3) is 0.615. The van der Waals surface area contributed by atoms with Gasteiger partial charge in [-0.2, -0.15) is 5.10 Å². The third kappa shape index (κ3) is 4.19. The van der Waals surface area contributed by atoms with Crippen molar-refractivity contribution < 1.29 is 0 Å². The fourth-order valence-electron chi connectivity index (χ4n) is 1.71. The van der Waals surface area contributed by atoms with Crippen LogP contribution < -0.4 is 5.32 Å². The Balaban J connectivity index is 2.22. The molecule has 16 heavy (non-hydrogen) atoms. The second kappa shape index (κ2) is 6.48. The van der Waals surface area contributed by atoms with E-state index in [1.165, 1.54) is 5.56 Å². The van der Waals surface area contributed by atoms with Gasteiger partial charge in [0.05, 0.1) is 6.20 Å². The molecule has 2 atom stereocenters. The standard InChI is InChI=1S/C13H23N3/c1-5-6-11(2)12(3)14-8-7-13-9-15-16(4)10-13/h5,9-12,14H,1,6-8H2,2-4H3. The predicted molar refractivity (Wildman–Crippen MR) is 68.4 cm³/mol. The van der Waals surface area contributed by atoms with Crippen LogP contribution >= 0.6 is 0 Å². The maximum absolute atomic E-state index is 4.15. The van der Waals surface area contributed by atoms with Gasteiger partial charge in [-0.25, -0.2) is 0 Å². The summed E-state index contributed by atoms with van der Waals surface area (Å²) in [5.74, 6) is 0.645. The SMILES string of the molecule is C=CCC(C)C(C)NCCc1cnn(C)c1. The first-order chi connectivity index (χ1) is 7.63. The molecule has 1 aromatic heterocycles. The second-order valence-electron chi connectivity index (χ2n) is 4.52. The Morgan fingerprint density at radius 2 is 2.31 bits per heavy atom. The summed E-state index contributed by atoms with van der Waals surface area (Å²) in [6.45, 7) is 9.27. The molecule has 90 valence electrons. The van der Waals surface area contributed by atoms with Crippen molar-refractivity contribution in [3.63, 3.8) is 0 Å². The summed E-state index contributed by atoms with van der Waals surface area (Å²) in [5.41, 5.74) is 1.29. The van der Waals surface area contributed by atoms with Crippen LogP contribution in [0, 0.1) is 5.92 Å². The van der Waals surface area contributed by atoms with Gasteiger partial charge in [0.25, 0.3) is 0 Å². The number of nitrogens with zero attached hydrogens (tertiary/aromatic N) is 2. The highest BCUT2D eigenvalue weighted by Gasteiger charge is 2.09. The van der Waals surface area contributed by atoms with Crippen molar-refractivity contribution in [2.45, 2.75) is 32.7 Å². The van der Waals surface area contributed by atoms with Crippen LogP contribution in [0.3, 0.4) is 0 Å². The Morgan fingerprint density at radius 1 is 1.56 bits per heavy atom. The average molecular weight is 221 g/mol. The van der Waals surface area contributed by atoms with Gasteiger partial charge in [0.2, 0.25) is 0 Å². The molecule has 0 amide bonds. The van der Waals surface area contributed by atoms with Gasteiger partial charge in [0.1, 0.15) is 0 Å². The fourth-order valence-corrected chi connectivity index (χ4v) is 1.71. The molecule has 0 bridgehead atoms. The summed E-state index contributed by atoms with van der Waals surface area (Å²) in [5, 5.41) is 7.69. The van der Waals surface area contributed by atoms with E-state index in [1.54, 1.807) is 0 Å². The number of hydrogen-bond acceptors (Lipinski definition) is 2. The van der Waals surface area contributed by atoms with E-state index in [0.717, 1.165) is 19.4 Å². The van der Waals surface area contributed by atoms with E-state index < -0.39 is 0 Å². The van der Waals surface area contributed by atoms with Gasteiger partial charge in [-0.3, -0.25) is 4.68 Å². The first-order valence-corrected chi connectivity index (χ1v) is 5.95. The molecule has 0 saturated heterocycles. The summed E-state index contributed by atoms with van der Waals surface area (Å²) in [7, 11) is 1.95. The van der Waals surface area contributed by atoms with Crippen molar-refractivity contribution in [1.29, 1.82) is 0 Å². The van der Waals surface area contributed by atoms with Crippen molar-refractivity contribution in [2.24, 2.45) is 13.0 Å². The molecule has 0 aliphatic rings. The number of aromatic nitrogens is 2. The van der Waals surface area contributed by atoms with Crippen LogP contribution in [0.1, 0.15) is 25.8 Å². The highest BCUT2D eigenvalue weighted by atomic mass is 15.2. The molecular formula is C13H23N3. The van der Waals surface area contributed by atoms with Crippen LogP contribution in [-0.4, -0.2) is 22.4 Å². The molecule has 2 unspecified atom stereocenters. The molecule has 0 aliphatic carbocycles. The highest BCUT2D eigenvalue weighted by Crippen LogP contribution is 2.08. The van der Waals surface area contributed by atoms with E-state index in [2.05, 4.69) is 37.0 Å². The maximum Gasteiger partial charge on any atom is 0.0522 e. The molecular weight excluding hydrogens is 198 g/mol. The topological polar surface area (TPSA) is 29.9 Å². The quantitative estimate of drug-likeness (QED) is 0.715. The summed E-state index contributed by atoms with van der Waals surface area (Å²) in [4.78, 5) is 0. The molecule has 0 fully saturated rings. The van der Waals surface area contributed by atoms with Gasteiger partial charge in [-0.15, -0.1) is 6.58 Å². The third-order valence-electron chi connectivity index (χ3n) is 3.03. The Kier molecular flexibility index (Phi) is 5.26. The molecule has 0 radical (unpaired) electrons. The molecule has 3 heteroatoms. The van der Waals surface area contributed by atoms with E-state index in [4.69, 9.17) is 0 Å². The van der Waals surface area contributed by atoms with E-state index in [-0.39, 0.29) is 0 Å². The minimum atomic E-state index is 0.537. The Morgan fingerprint density at radius 3 is 2.88 bits per heavy atom. The van der Waals surface area contributed by atoms with Gasteiger partial charge in [0.15, 0.2) is 0 Å². The van der Waals surface area contributed by atoms with Gasteiger partial charge in [-0.05, 0) is 37.8 Å². The molecule has 0 saturated carbocycles. The largest absolute Gasteiger partial charge is 0.314 e. The van der Waals surface area contributed by atoms with Crippen LogP contribution in [0.2, 0.25) is 0 Å². The smallest absolute Gasteiger partial charge is 0.0522 e. The minimum absolute atomic E-state index is 0.537. The van der Waals surface area contributed by atoms with Crippen molar-refractivity contribution in [1.82, 2.24) is 15.1 Å². The summed E-state index contributed by atoms with van der Waals surface area (Å²) in [6.07, 6.45) is 8.10. The lowest BCUT2D eigenvalue weighted by Crippen LogP contribution is -2.33. The molecule has 0 aromatic carbocycles. The molecule has 0 spiro atoms. The second-order valence-corrected chi connectivity index (χ2v) is 4.52. The predicted octanol–water partition coefficient (Wildman–Crippen LogP) is 2.15. The average Bonchev–Trinajstić information content (AvgIpc) is 2.64. The zero-order valence-electron chi connectivity index (χ0n) is 10.6. The van der Waals surface area contributed by atoms with Crippen LogP contribution in [0.4, 0.5) is 0 Å². The number of aryl methyl sites for hydroxylation is 1. The maximum atomic E-state index is 4.15. The highest BCUT2D eigenvalue weighted by molar-refractivity contribution is 5.03. The summed E-state index contributed by atoms with van der Waals surface area (Å²) in [6, 6.07) is 0.537. The van der Waals surface area contributed by atoms with E-state index in [1.807, 2.05) is 24.0 Å². The van der Waals surface area contributed by atoms with E-state index in [0.29, 0.717) is 12.0 Å². The third-order valence-corrected chi connectivity index (χ3v) is 3.03. The molecule has 1 N–H and O–H groups in total. The molecule has 1 heterocycles. The lowest BCUT2D eigenvalue weighted by Gasteiger charge is -2.19. The number of allylic oxidation sites excluding steroid dienone is 1. The van der Waals surface area contributed by atoms with Gasteiger partial charge < -0.3 is 5.32 Å². The van der Waals surface area contributed by atoms with Crippen LogP contribution in [0.15, 0.2) is 25.0 Å². The Hall–Kier alpha value is -1.09. The van der Waals surface area contributed by atoms with Crippen molar-refractivity contribution >= 4 is 0 Å². The van der Waals surface area contributed by atoms with Crippen molar-refractivity contribution in [3.05, 3.63) is 30.6 Å². The molecule has 1 aromatic rings. The lowest BCUT2D eigenvalue weighted by molar-refractivity contribution is 0.406. The van der Waals surface area contributed by atoms with Crippen LogP contribution in [0.25, 0.3) is 0 Å². The lowest BCUT2D eigenvalue weighted by atomic mass is 10.00. The zero-order valence-corrected chi connectivity index (χ0v) is 10.6. The van der Waals surface area contributed by atoms with Crippen molar-refractivity contribution in [2.75, 3.05) is 6.54 Å². The number of rotatable bonds is 7. The summed E-state index contributed by atoms with van der Waals surface area (Å²) >= 11 is 0. The first kappa shape index (κ1) is 13.0. The first-order valence-electron chi connectivity index (χ1n) is 5.95. The normalized spacial score (nSPS) is 14.7. The van der Waals surface area contributed by atoms with E-state index in [9.17, 15) is 0 Å². The van der Waals surface area contributed by atoms with E-state index >= 15 is 0 Å². The van der Waals surface area contributed by atoms with Gasteiger partial charge in [-0.1, -0.05) is 13.0 Å². The minimum Gasteiger partial charge on any atom is -0.314 e.